The lowest BCUT2D eigenvalue weighted by atomic mass is 10.2. The highest BCUT2D eigenvalue weighted by atomic mass is 32.2. The molecule has 1 aromatic carbocycles. The van der Waals surface area contributed by atoms with Gasteiger partial charge in [0.15, 0.2) is 5.16 Å². The molecule has 0 saturated heterocycles. The molecule has 1 aromatic heterocycles. The van der Waals surface area contributed by atoms with E-state index in [4.69, 9.17) is 0 Å². The molecule has 0 atom stereocenters. The van der Waals surface area contributed by atoms with Crippen molar-refractivity contribution < 1.29 is 0 Å². The molecule has 0 fully saturated rings. The smallest absolute Gasteiger partial charge is 0.191 e. The predicted molar refractivity (Wildman–Crippen MR) is 86.5 cm³/mol. The normalized spacial score (nSPS) is 10.3. The van der Waals surface area contributed by atoms with E-state index in [-0.39, 0.29) is 0 Å². The van der Waals surface area contributed by atoms with E-state index in [9.17, 15) is 0 Å². The topological polar surface area (TPSA) is 41.0 Å². The monoisotopic (exact) mass is 288 g/mol. The van der Waals surface area contributed by atoms with Crippen LogP contribution in [-0.4, -0.2) is 29.8 Å². The van der Waals surface area contributed by atoms with Gasteiger partial charge in [0, 0.05) is 26.2 Å². The lowest BCUT2D eigenvalue weighted by molar-refractivity contribution is 0.856. The molecule has 0 radical (unpaired) electrons. The minimum Gasteiger partial charge on any atom is -0.370 e. The summed E-state index contributed by atoms with van der Waals surface area (Å²) in [6.07, 6.45) is 1.99. The molecule has 4 nitrogen and oxygen atoms in total. The zero-order chi connectivity index (χ0) is 14.4. The Morgan fingerprint density at radius 1 is 1.20 bits per heavy atom. The van der Waals surface area contributed by atoms with Crippen LogP contribution in [0.5, 0.6) is 0 Å². The first kappa shape index (κ1) is 14.7. The first-order chi connectivity index (χ1) is 9.72. The molecule has 0 saturated carbocycles. The molecule has 1 N–H and O–H groups in total. The fourth-order valence-corrected chi connectivity index (χ4v) is 2.28. The Hall–Kier alpha value is -1.75. The summed E-state index contributed by atoms with van der Waals surface area (Å²) in [5.74, 6) is 1.81. The van der Waals surface area contributed by atoms with E-state index in [1.165, 1.54) is 5.56 Å². The van der Waals surface area contributed by atoms with Gasteiger partial charge in [-0.1, -0.05) is 42.1 Å². The maximum Gasteiger partial charge on any atom is 0.191 e. The first-order valence-corrected chi connectivity index (χ1v) is 7.87. The van der Waals surface area contributed by atoms with Gasteiger partial charge in [0.2, 0.25) is 0 Å². The van der Waals surface area contributed by atoms with E-state index < -0.39 is 0 Å². The van der Waals surface area contributed by atoms with Crippen LogP contribution in [-0.2, 0) is 6.54 Å². The third-order valence-corrected chi connectivity index (χ3v) is 3.43. The van der Waals surface area contributed by atoms with Gasteiger partial charge in [0.1, 0.15) is 11.6 Å². The van der Waals surface area contributed by atoms with Crippen molar-refractivity contribution in [1.82, 2.24) is 9.97 Å². The molecule has 0 aliphatic heterocycles. The molecule has 0 unspecified atom stereocenters. The number of rotatable bonds is 6. The SMILES string of the molecule is CCNc1cc(N(C)Cc2ccccc2)nc(SC)n1. The molecule has 0 aliphatic carbocycles. The molecular formula is C15H20N4S. The van der Waals surface area contributed by atoms with Crippen LogP contribution in [0.3, 0.4) is 0 Å². The van der Waals surface area contributed by atoms with E-state index in [0.717, 1.165) is 29.9 Å². The summed E-state index contributed by atoms with van der Waals surface area (Å²) in [6.45, 7) is 3.75. The number of hydrogen-bond acceptors (Lipinski definition) is 5. The number of thioether (sulfide) groups is 1. The van der Waals surface area contributed by atoms with Gasteiger partial charge < -0.3 is 10.2 Å². The standard InChI is InChI=1S/C15H20N4S/c1-4-16-13-10-14(18-15(17-13)20-3)19(2)11-12-8-6-5-7-9-12/h5-10H,4,11H2,1-3H3,(H,16,17,18). The number of anilines is 2. The highest BCUT2D eigenvalue weighted by Gasteiger charge is 2.08. The van der Waals surface area contributed by atoms with Crippen molar-refractivity contribution in [3.63, 3.8) is 0 Å². The van der Waals surface area contributed by atoms with Gasteiger partial charge in [-0.15, -0.1) is 0 Å². The van der Waals surface area contributed by atoms with Gasteiger partial charge >= 0.3 is 0 Å². The molecule has 2 aromatic rings. The fourth-order valence-electron chi connectivity index (χ4n) is 1.91. The van der Waals surface area contributed by atoms with Crippen LogP contribution in [0.1, 0.15) is 12.5 Å². The quantitative estimate of drug-likeness (QED) is 0.652. The van der Waals surface area contributed by atoms with Crippen LogP contribution in [0.15, 0.2) is 41.6 Å². The third-order valence-electron chi connectivity index (χ3n) is 2.89. The van der Waals surface area contributed by atoms with E-state index in [1.54, 1.807) is 11.8 Å². The van der Waals surface area contributed by atoms with Crippen LogP contribution in [0.4, 0.5) is 11.6 Å². The van der Waals surface area contributed by atoms with Crippen molar-refractivity contribution in [1.29, 1.82) is 0 Å². The van der Waals surface area contributed by atoms with Crippen molar-refractivity contribution in [3.8, 4) is 0 Å². The van der Waals surface area contributed by atoms with Gasteiger partial charge in [0.05, 0.1) is 0 Å². The first-order valence-electron chi connectivity index (χ1n) is 6.65. The van der Waals surface area contributed by atoms with Gasteiger partial charge in [-0.25, -0.2) is 9.97 Å². The summed E-state index contributed by atoms with van der Waals surface area (Å²) < 4.78 is 0. The molecule has 0 amide bonds. The summed E-state index contributed by atoms with van der Waals surface area (Å²) >= 11 is 1.56. The lowest BCUT2D eigenvalue weighted by Gasteiger charge is -2.19. The number of benzene rings is 1. The number of nitrogens with one attached hydrogen (secondary N) is 1. The Morgan fingerprint density at radius 3 is 2.60 bits per heavy atom. The zero-order valence-electron chi connectivity index (χ0n) is 12.1. The summed E-state index contributed by atoms with van der Waals surface area (Å²) in [5, 5.41) is 4.04. The van der Waals surface area contributed by atoms with Crippen LogP contribution in [0.2, 0.25) is 0 Å². The highest BCUT2D eigenvalue weighted by molar-refractivity contribution is 7.98. The van der Waals surface area contributed by atoms with E-state index in [1.807, 2.05) is 18.4 Å². The Balaban J connectivity index is 2.19. The number of aromatic nitrogens is 2. The summed E-state index contributed by atoms with van der Waals surface area (Å²) in [7, 11) is 2.05. The van der Waals surface area contributed by atoms with Gasteiger partial charge in [-0.05, 0) is 18.7 Å². The predicted octanol–water partition coefficient (Wildman–Crippen LogP) is 3.27. The number of hydrogen-bond donors (Lipinski definition) is 1. The van der Waals surface area contributed by atoms with E-state index >= 15 is 0 Å². The average Bonchev–Trinajstić information content (AvgIpc) is 2.48. The average molecular weight is 288 g/mol. The Morgan fingerprint density at radius 2 is 1.95 bits per heavy atom. The summed E-state index contributed by atoms with van der Waals surface area (Å²) in [6, 6.07) is 12.4. The molecule has 2 rings (SSSR count). The van der Waals surface area contributed by atoms with Crippen molar-refractivity contribution in [2.24, 2.45) is 0 Å². The fraction of sp³-hybridized carbons (Fsp3) is 0.333. The van der Waals surface area contributed by atoms with Crippen LogP contribution < -0.4 is 10.2 Å². The van der Waals surface area contributed by atoms with Crippen LogP contribution in [0, 0.1) is 0 Å². The van der Waals surface area contributed by atoms with Gasteiger partial charge in [0.25, 0.3) is 0 Å². The van der Waals surface area contributed by atoms with Gasteiger partial charge in [-0.2, -0.15) is 0 Å². The molecule has 0 spiro atoms. The van der Waals surface area contributed by atoms with E-state index in [0.29, 0.717) is 0 Å². The highest BCUT2D eigenvalue weighted by Crippen LogP contribution is 2.20. The minimum atomic E-state index is 0.790. The maximum atomic E-state index is 4.57. The molecule has 5 heteroatoms. The Labute approximate surface area is 124 Å². The molecule has 0 bridgehead atoms. The molecule has 106 valence electrons. The summed E-state index contributed by atoms with van der Waals surface area (Å²) in [5.41, 5.74) is 1.27. The number of nitrogens with zero attached hydrogens (tertiary/aromatic N) is 3. The minimum absolute atomic E-state index is 0.790. The van der Waals surface area contributed by atoms with Crippen molar-refractivity contribution >= 4 is 23.4 Å². The maximum absolute atomic E-state index is 4.57. The molecular weight excluding hydrogens is 268 g/mol. The van der Waals surface area contributed by atoms with Gasteiger partial charge in [-0.3, -0.25) is 0 Å². The van der Waals surface area contributed by atoms with Crippen LogP contribution >= 0.6 is 11.8 Å². The second kappa shape index (κ2) is 7.14. The second-order valence-corrected chi connectivity index (χ2v) is 5.24. The lowest BCUT2D eigenvalue weighted by Crippen LogP contribution is -2.18. The Bertz CT molecular complexity index is 545. The molecule has 0 aliphatic rings. The van der Waals surface area contributed by atoms with Crippen molar-refractivity contribution in [2.45, 2.75) is 18.6 Å². The van der Waals surface area contributed by atoms with Crippen molar-refractivity contribution in [3.05, 3.63) is 42.0 Å². The second-order valence-electron chi connectivity index (χ2n) is 4.47. The zero-order valence-corrected chi connectivity index (χ0v) is 12.9. The van der Waals surface area contributed by atoms with Crippen molar-refractivity contribution in [2.75, 3.05) is 30.1 Å². The Kier molecular flexibility index (Phi) is 5.24. The summed E-state index contributed by atoms with van der Waals surface area (Å²) in [4.78, 5) is 11.1. The largest absolute Gasteiger partial charge is 0.370 e. The third kappa shape index (κ3) is 3.87. The van der Waals surface area contributed by atoms with Crippen LogP contribution in [0.25, 0.3) is 0 Å². The molecule has 1 heterocycles. The molecule has 20 heavy (non-hydrogen) atoms. The van der Waals surface area contributed by atoms with E-state index in [2.05, 4.69) is 58.4 Å².